The van der Waals surface area contributed by atoms with E-state index in [2.05, 4.69) is 34.8 Å². The summed E-state index contributed by atoms with van der Waals surface area (Å²) in [4.78, 5) is 5.10. The second kappa shape index (κ2) is 10.4. The molecule has 166 valence electrons. The fourth-order valence-electron chi connectivity index (χ4n) is 3.21. The zero-order valence-electron chi connectivity index (χ0n) is 17.9. The first kappa shape index (κ1) is 22.7. The molecule has 3 heterocycles. The maximum absolute atomic E-state index is 5.76. The van der Waals surface area contributed by atoms with Gasteiger partial charge in [0.15, 0.2) is 11.4 Å². The van der Waals surface area contributed by atoms with E-state index in [9.17, 15) is 0 Å². The number of hydrogen-bond acceptors (Lipinski definition) is 9. The highest BCUT2D eigenvalue weighted by molar-refractivity contribution is 7.84. The Kier molecular flexibility index (Phi) is 7.59. The normalized spacial score (nSPS) is 15.7. The lowest BCUT2D eigenvalue weighted by molar-refractivity contribution is 0.282. The highest BCUT2D eigenvalue weighted by Crippen LogP contribution is 2.32. The highest BCUT2D eigenvalue weighted by Gasteiger charge is 2.14. The van der Waals surface area contributed by atoms with Crippen molar-refractivity contribution in [2.75, 3.05) is 20.0 Å². The minimum atomic E-state index is 0.327. The first-order valence-corrected chi connectivity index (χ1v) is 10.4. The monoisotopic (exact) mass is 444 g/mol. The SMILES string of the molecule is CCC1C=NC(OC)=C(S)C1.COc1cc(Cn2cc(CN)cn2)cc2onc(N)c12. The van der Waals surface area contributed by atoms with Gasteiger partial charge in [-0.25, -0.2) is 4.99 Å². The molecular weight excluding hydrogens is 416 g/mol. The lowest BCUT2D eigenvalue weighted by Crippen LogP contribution is -2.07. The van der Waals surface area contributed by atoms with E-state index in [0.717, 1.165) is 28.9 Å². The van der Waals surface area contributed by atoms with Gasteiger partial charge < -0.3 is 25.5 Å². The molecule has 0 spiro atoms. The van der Waals surface area contributed by atoms with Gasteiger partial charge >= 0.3 is 0 Å². The summed E-state index contributed by atoms with van der Waals surface area (Å²) in [5, 5.41) is 8.70. The number of fused-ring (bicyclic) bond motifs is 1. The van der Waals surface area contributed by atoms with Crippen LogP contribution in [0, 0.1) is 5.92 Å². The van der Waals surface area contributed by atoms with Gasteiger partial charge in [0, 0.05) is 29.4 Å². The molecule has 9 nitrogen and oxygen atoms in total. The molecule has 0 saturated heterocycles. The van der Waals surface area contributed by atoms with E-state index in [1.807, 2.05) is 29.2 Å². The first-order chi connectivity index (χ1) is 15.0. The van der Waals surface area contributed by atoms with Crippen LogP contribution >= 0.6 is 12.6 Å². The number of nitrogens with zero attached hydrogens (tertiary/aromatic N) is 4. The third-order valence-electron chi connectivity index (χ3n) is 4.93. The summed E-state index contributed by atoms with van der Waals surface area (Å²) in [6.07, 6.45) is 7.68. The fraction of sp³-hybridized carbons (Fsp3) is 0.381. The minimum Gasteiger partial charge on any atom is -0.496 e. The van der Waals surface area contributed by atoms with Gasteiger partial charge in [-0.05, 0) is 36.5 Å². The van der Waals surface area contributed by atoms with Gasteiger partial charge in [0.05, 0.1) is 27.0 Å². The Morgan fingerprint density at radius 3 is 2.68 bits per heavy atom. The smallest absolute Gasteiger partial charge is 0.222 e. The molecule has 0 radical (unpaired) electrons. The maximum Gasteiger partial charge on any atom is 0.222 e. The van der Waals surface area contributed by atoms with E-state index in [1.54, 1.807) is 20.4 Å². The van der Waals surface area contributed by atoms with Crippen molar-refractivity contribution in [3.63, 3.8) is 0 Å². The third kappa shape index (κ3) is 5.39. The van der Waals surface area contributed by atoms with E-state index >= 15 is 0 Å². The Labute approximate surface area is 186 Å². The minimum absolute atomic E-state index is 0.327. The Balaban J connectivity index is 0.000000210. The van der Waals surface area contributed by atoms with Gasteiger partial charge in [-0.15, -0.1) is 12.6 Å². The van der Waals surface area contributed by atoms with Crippen LogP contribution in [0.1, 0.15) is 30.9 Å². The van der Waals surface area contributed by atoms with Gasteiger partial charge in [0.1, 0.15) is 11.1 Å². The predicted molar refractivity (Wildman–Crippen MR) is 124 cm³/mol. The molecule has 1 aliphatic rings. The molecule has 1 aliphatic heterocycles. The number of ether oxygens (including phenoxy) is 2. The standard InChI is InChI=1S/C13H15N5O2.C8H13NOS/c1-19-10-2-8(3-11-12(10)13(15)17-20-11)6-18-7-9(4-14)5-16-18;1-3-6-4-7(11)8(10-2)9-5-6/h2-3,5,7H,4,6,14H2,1H3,(H2,15,17);5-6,11H,3-4H2,1-2H3. The number of nitrogen functional groups attached to an aromatic ring is 1. The molecule has 0 bridgehead atoms. The van der Waals surface area contributed by atoms with E-state index in [1.165, 1.54) is 0 Å². The Morgan fingerprint density at radius 1 is 1.26 bits per heavy atom. The van der Waals surface area contributed by atoms with E-state index in [4.69, 9.17) is 25.5 Å². The molecular formula is C21H28N6O3S. The van der Waals surface area contributed by atoms with E-state index in [-0.39, 0.29) is 0 Å². The number of anilines is 1. The second-order valence-electron chi connectivity index (χ2n) is 7.10. The van der Waals surface area contributed by atoms with Crippen molar-refractivity contribution in [1.82, 2.24) is 14.9 Å². The predicted octanol–water partition coefficient (Wildman–Crippen LogP) is 3.35. The average molecular weight is 445 g/mol. The Bertz CT molecular complexity index is 1090. The van der Waals surface area contributed by atoms with Gasteiger partial charge in [0.25, 0.3) is 0 Å². The van der Waals surface area contributed by atoms with Crippen molar-refractivity contribution in [2.45, 2.75) is 32.9 Å². The largest absolute Gasteiger partial charge is 0.496 e. The van der Waals surface area contributed by atoms with Gasteiger partial charge in [0.2, 0.25) is 5.88 Å². The molecule has 1 aromatic carbocycles. The summed E-state index contributed by atoms with van der Waals surface area (Å²) < 4.78 is 17.3. The molecule has 1 unspecified atom stereocenters. The maximum atomic E-state index is 5.76. The molecule has 3 aromatic rings. The molecule has 1 atom stereocenters. The molecule has 4 N–H and O–H groups in total. The number of hydrogen-bond donors (Lipinski definition) is 3. The van der Waals surface area contributed by atoms with Crippen LogP contribution in [0.15, 0.2) is 44.8 Å². The van der Waals surface area contributed by atoms with Crippen LogP contribution in [-0.2, 0) is 17.8 Å². The van der Waals surface area contributed by atoms with E-state index < -0.39 is 0 Å². The van der Waals surface area contributed by atoms with Crippen molar-refractivity contribution in [3.8, 4) is 5.75 Å². The molecule has 4 rings (SSSR count). The van der Waals surface area contributed by atoms with Crippen LogP contribution in [0.5, 0.6) is 5.75 Å². The zero-order chi connectivity index (χ0) is 22.4. The van der Waals surface area contributed by atoms with Crippen LogP contribution in [0.4, 0.5) is 5.82 Å². The fourth-order valence-corrected chi connectivity index (χ4v) is 3.59. The number of rotatable bonds is 6. The van der Waals surface area contributed by atoms with Crippen LogP contribution < -0.4 is 16.2 Å². The molecule has 31 heavy (non-hydrogen) atoms. The lowest BCUT2D eigenvalue weighted by atomic mass is 10.0. The Hall–Kier alpha value is -2.98. The van der Waals surface area contributed by atoms with Crippen LogP contribution in [0.25, 0.3) is 11.0 Å². The number of aromatic nitrogens is 3. The van der Waals surface area contributed by atoms with Crippen molar-refractivity contribution in [3.05, 3.63) is 46.4 Å². The van der Waals surface area contributed by atoms with Crippen LogP contribution in [0.3, 0.4) is 0 Å². The summed E-state index contributed by atoms with van der Waals surface area (Å²) >= 11 is 4.29. The molecule has 0 fully saturated rings. The average Bonchev–Trinajstić information content (AvgIpc) is 3.40. The number of thiol groups is 1. The quantitative estimate of drug-likeness (QED) is 0.498. The molecule has 2 aromatic heterocycles. The van der Waals surface area contributed by atoms with Gasteiger partial charge in [-0.3, -0.25) is 4.68 Å². The van der Waals surface area contributed by atoms with Gasteiger partial charge in [-0.2, -0.15) is 5.10 Å². The number of methoxy groups -OCH3 is 2. The number of aliphatic imine (C=N–C) groups is 1. The summed E-state index contributed by atoms with van der Waals surface area (Å²) in [5.74, 6) is 2.18. The summed E-state index contributed by atoms with van der Waals surface area (Å²) in [5.41, 5.74) is 13.9. The summed E-state index contributed by atoms with van der Waals surface area (Å²) in [6, 6.07) is 3.78. The molecule has 0 saturated carbocycles. The first-order valence-electron chi connectivity index (χ1n) is 9.92. The third-order valence-corrected chi connectivity index (χ3v) is 5.31. The number of nitrogens with two attached hydrogens (primary N) is 2. The van der Waals surface area contributed by atoms with Crippen molar-refractivity contribution in [2.24, 2.45) is 16.6 Å². The molecule has 0 aliphatic carbocycles. The second-order valence-corrected chi connectivity index (χ2v) is 7.64. The summed E-state index contributed by atoms with van der Waals surface area (Å²) in [7, 11) is 3.21. The van der Waals surface area contributed by atoms with Gasteiger partial charge in [-0.1, -0.05) is 12.1 Å². The number of benzene rings is 1. The van der Waals surface area contributed by atoms with E-state index in [0.29, 0.717) is 47.4 Å². The number of allylic oxidation sites excluding steroid dienone is 1. The zero-order valence-corrected chi connectivity index (χ0v) is 18.8. The van der Waals surface area contributed by atoms with Crippen LogP contribution in [0.2, 0.25) is 0 Å². The lowest BCUT2D eigenvalue weighted by Gasteiger charge is -2.15. The molecule has 10 heteroatoms. The van der Waals surface area contributed by atoms with Crippen molar-refractivity contribution in [1.29, 1.82) is 0 Å². The van der Waals surface area contributed by atoms with Crippen LogP contribution in [-0.4, -0.2) is 35.4 Å². The highest BCUT2D eigenvalue weighted by atomic mass is 32.1. The molecule has 0 amide bonds. The summed E-state index contributed by atoms with van der Waals surface area (Å²) in [6.45, 7) is 3.21. The topological polar surface area (TPSA) is 127 Å². The van der Waals surface area contributed by atoms with Crippen molar-refractivity contribution >= 4 is 35.6 Å². The Morgan fingerprint density at radius 2 is 2.06 bits per heavy atom. The van der Waals surface area contributed by atoms with Crippen molar-refractivity contribution < 1.29 is 14.0 Å².